The van der Waals surface area contributed by atoms with Crippen LogP contribution in [-0.2, 0) is 11.3 Å². The molecule has 8 heteroatoms. The summed E-state index contributed by atoms with van der Waals surface area (Å²) in [5.74, 6) is -0.403. The van der Waals surface area contributed by atoms with Crippen molar-refractivity contribution in [3.05, 3.63) is 74.6 Å². The zero-order valence-electron chi connectivity index (χ0n) is 13.3. The van der Waals surface area contributed by atoms with Crippen LogP contribution in [0.3, 0.4) is 0 Å². The molecule has 0 aliphatic carbocycles. The minimum atomic E-state index is -0.498. The van der Waals surface area contributed by atoms with Crippen LogP contribution in [0.25, 0.3) is 10.9 Å². The molecule has 0 fully saturated rings. The van der Waals surface area contributed by atoms with Gasteiger partial charge in [-0.1, -0.05) is 18.2 Å². The van der Waals surface area contributed by atoms with Crippen LogP contribution in [0.5, 0.6) is 0 Å². The minimum Gasteiger partial charge on any atom is -0.324 e. The Labute approximate surface area is 141 Å². The van der Waals surface area contributed by atoms with E-state index >= 15 is 0 Å². The summed E-state index contributed by atoms with van der Waals surface area (Å²) in [5.41, 5.74) is 1.09. The highest BCUT2D eigenvalue weighted by atomic mass is 16.6. The summed E-state index contributed by atoms with van der Waals surface area (Å²) in [6.07, 6.45) is 1.16. The molecule has 2 aromatic carbocycles. The van der Waals surface area contributed by atoms with E-state index in [4.69, 9.17) is 0 Å². The van der Waals surface area contributed by atoms with Crippen molar-refractivity contribution >= 4 is 28.2 Å². The van der Waals surface area contributed by atoms with Crippen molar-refractivity contribution in [1.82, 2.24) is 9.78 Å². The summed E-state index contributed by atoms with van der Waals surface area (Å²) >= 11 is 0. The molecule has 8 nitrogen and oxygen atoms in total. The SMILES string of the molecule is Cc1ccc(NC(=O)Cn2ncc(=O)c3ccccc32)cc1[N+](=O)[O-]. The summed E-state index contributed by atoms with van der Waals surface area (Å²) in [7, 11) is 0. The van der Waals surface area contributed by atoms with Crippen LogP contribution in [-0.4, -0.2) is 20.6 Å². The standard InChI is InChI=1S/C17H14N4O4/c1-11-6-7-12(8-15(11)21(24)25)19-17(23)10-20-14-5-3-2-4-13(14)16(22)9-18-20/h2-9H,10H2,1H3,(H,19,23). The Morgan fingerprint density at radius 3 is 2.80 bits per heavy atom. The summed E-state index contributed by atoms with van der Waals surface area (Å²) in [4.78, 5) is 34.5. The van der Waals surface area contributed by atoms with Crippen molar-refractivity contribution in [3.63, 3.8) is 0 Å². The maximum atomic E-state index is 12.3. The predicted molar refractivity (Wildman–Crippen MR) is 92.5 cm³/mol. The smallest absolute Gasteiger partial charge is 0.274 e. The summed E-state index contributed by atoms with van der Waals surface area (Å²) < 4.78 is 1.41. The quantitative estimate of drug-likeness (QED) is 0.580. The molecule has 3 rings (SSSR count). The molecular weight excluding hydrogens is 324 g/mol. The van der Waals surface area contributed by atoms with E-state index in [0.717, 1.165) is 6.20 Å². The van der Waals surface area contributed by atoms with Crippen LogP contribution < -0.4 is 10.7 Å². The molecule has 1 heterocycles. The molecule has 0 saturated heterocycles. The molecule has 0 aliphatic heterocycles. The molecule has 1 aromatic heterocycles. The molecular formula is C17H14N4O4. The first kappa shape index (κ1) is 16.3. The summed E-state index contributed by atoms with van der Waals surface area (Å²) in [6.45, 7) is 1.50. The fourth-order valence-corrected chi connectivity index (χ4v) is 2.51. The van der Waals surface area contributed by atoms with Crippen molar-refractivity contribution in [1.29, 1.82) is 0 Å². The fraction of sp³-hybridized carbons (Fsp3) is 0.118. The monoisotopic (exact) mass is 338 g/mol. The Morgan fingerprint density at radius 2 is 2.04 bits per heavy atom. The molecule has 3 aromatic rings. The highest BCUT2D eigenvalue weighted by Crippen LogP contribution is 2.22. The average Bonchev–Trinajstić information content (AvgIpc) is 2.59. The van der Waals surface area contributed by atoms with Gasteiger partial charge in [-0.15, -0.1) is 0 Å². The highest BCUT2D eigenvalue weighted by Gasteiger charge is 2.13. The first-order chi connectivity index (χ1) is 12.0. The van der Waals surface area contributed by atoms with Gasteiger partial charge in [0.1, 0.15) is 6.54 Å². The normalized spacial score (nSPS) is 10.6. The minimum absolute atomic E-state index is 0.0651. The summed E-state index contributed by atoms with van der Waals surface area (Å²) in [5, 5.41) is 18.0. The number of amides is 1. The number of hydrogen-bond donors (Lipinski definition) is 1. The number of hydrogen-bond acceptors (Lipinski definition) is 5. The van der Waals surface area contributed by atoms with Gasteiger partial charge >= 0.3 is 0 Å². The van der Waals surface area contributed by atoms with Gasteiger partial charge in [0.15, 0.2) is 0 Å². The van der Waals surface area contributed by atoms with E-state index in [1.54, 1.807) is 43.3 Å². The average molecular weight is 338 g/mol. The van der Waals surface area contributed by atoms with E-state index < -0.39 is 10.8 Å². The third kappa shape index (κ3) is 3.37. The molecule has 25 heavy (non-hydrogen) atoms. The Bertz CT molecular complexity index is 1040. The van der Waals surface area contributed by atoms with Crippen LogP contribution in [0.15, 0.2) is 53.5 Å². The first-order valence-electron chi connectivity index (χ1n) is 7.45. The topological polar surface area (TPSA) is 107 Å². The molecule has 0 atom stereocenters. The molecule has 1 N–H and O–H groups in total. The fourth-order valence-electron chi connectivity index (χ4n) is 2.51. The number of fused-ring (bicyclic) bond motifs is 1. The number of nitro groups is 1. The van der Waals surface area contributed by atoms with E-state index in [1.165, 1.54) is 10.7 Å². The molecule has 126 valence electrons. The molecule has 0 spiro atoms. The number of para-hydroxylation sites is 1. The first-order valence-corrected chi connectivity index (χ1v) is 7.45. The second kappa shape index (κ2) is 6.52. The van der Waals surface area contributed by atoms with Gasteiger partial charge in [-0.25, -0.2) is 0 Å². The molecule has 1 amide bonds. The lowest BCUT2D eigenvalue weighted by Crippen LogP contribution is -2.22. The van der Waals surface area contributed by atoms with Crippen molar-refractivity contribution < 1.29 is 9.72 Å². The molecule has 0 aliphatic rings. The zero-order chi connectivity index (χ0) is 18.0. The molecule has 0 radical (unpaired) electrons. The lowest BCUT2D eigenvalue weighted by Gasteiger charge is -2.10. The van der Waals surface area contributed by atoms with Crippen molar-refractivity contribution in [2.45, 2.75) is 13.5 Å². The van der Waals surface area contributed by atoms with Gasteiger partial charge in [-0.05, 0) is 25.1 Å². The zero-order valence-corrected chi connectivity index (χ0v) is 13.3. The van der Waals surface area contributed by atoms with Gasteiger partial charge in [0.25, 0.3) is 5.69 Å². The number of aromatic nitrogens is 2. The second-order valence-electron chi connectivity index (χ2n) is 5.49. The third-order valence-corrected chi connectivity index (χ3v) is 3.74. The Balaban J connectivity index is 1.85. The number of benzene rings is 2. The molecule has 0 unspecified atom stereocenters. The van der Waals surface area contributed by atoms with E-state index in [9.17, 15) is 19.7 Å². The molecule has 0 saturated carbocycles. The number of rotatable bonds is 4. The van der Waals surface area contributed by atoms with Gasteiger partial charge < -0.3 is 5.32 Å². The number of aryl methyl sites for hydroxylation is 1. The molecule has 0 bridgehead atoms. The van der Waals surface area contributed by atoms with E-state index in [-0.39, 0.29) is 17.7 Å². The summed E-state index contributed by atoms with van der Waals surface area (Å²) in [6, 6.07) is 11.3. The number of nitrogens with one attached hydrogen (secondary N) is 1. The lowest BCUT2D eigenvalue weighted by atomic mass is 10.2. The van der Waals surface area contributed by atoms with Gasteiger partial charge in [-0.3, -0.25) is 24.4 Å². The van der Waals surface area contributed by atoms with E-state index in [0.29, 0.717) is 22.2 Å². The second-order valence-corrected chi connectivity index (χ2v) is 5.49. The highest BCUT2D eigenvalue weighted by molar-refractivity contribution is 5.92. The van der Waals surface area contributed by atoms with E-state index in [2.05, 4.69) is 10.4 Å². The van der Waals surface area contributed by atoms with Crippen molar-refractivity contribution in [2.24, 2.45) is 0 Å². The Morgan fingerprint density at radius 1 is 1.28 bits per heavy atom. The van der Waals surface area contributed by atoms with Gasteiger partial charge in [0, 0.05) is 22.7 Å². The lowest BCUT2D eigenvalue weighted by molar-refractivity contribution is -0.385. The van der Waals surface area contributed by atoms with Crippen LogP contribution in [0.4, 0.5) is 11.4 Å². The van der Waals surface area contributed by atoms with Crippen LogP contribution in [0.1, 0.15) is 5.56 Å². The maximum absolute atomic E-state index is 12.3. The van der Waals surface area contributed by atoms with Crippen LogP contribution in [0, 0.1) is 17.0 Å². The number of nitrogens with zero attached hydrogens (tertiary/aromatic N) is 3. The van der Waals surface area contributed by atoms with Crippen LogP contribution >= 0.6 is 0 Å². The van der Waals surface area contributed by atoms with Crippen molar-refractivity contribution in [3.8, 4) is 0 Å². The van der Waals surface area contributed by atoms with Gasteiger partial charge in [0.2, 0.25) is 11.3 Å². The predicted octanol–water partition coefficient (Wildman–Crippen LogP) is 2.25. The largest absolute Gasteiger partial charge is 0.324 e. The number of nitro benzene ring substituents is 1. The number of carbonyl (C=O) groups is 1. The van der Waals surface area contributed by atoms with Gasteiger partial charge in [0.05, 0.1) is 16.6 Å². The Kier molecular flexibility index (Phi) is 4.25. The number of anilines is 1. The van der Waals surface area contributed by atoms with Gasteiger partial charge in [-0.2, -0.15) is 5.10 Å². The third-order valence-electron chi connectivity index (χ3n) is 3.74. The number of carbonyl (C=O) groups excluding carboxylic acids is 1. The van der Waals surface area contributed by atoms with Crippen molar-refractivity contribution in [2.75, 3.05) is 5.32 Å². The van der Waals surface area contributed by atoms with E-state index in [1.807, 2.05) is 0 Å². The van der Waals surface area contributed by atoms with Crippen LogP contribution in [0.2, 0.25) is 0 Å². The Hall–Kier alpha value is -3.55. The maximum Gasteiger partial charge on any atom is 0.274 e.